The van der Waals surface area contributed by atoms with Gasteiger partial charge in [0.25, 0.3) is 0 Å². The maximum atomic E-state index is 3.66. The van der Waals surface area contributed by atoms with Crippen LogP contribution in [0.3, 0.4) is 0 Å². The Kier molecular flexibility index (Phi) is 9.56. The largest absolute Gasteiger partial charge is 0.103 e. The van der Waals surface area contributed by atoms with E-state index in [9.17, 15) is 0 Å². The van der Waals surface area contributed by atoms with E-state index in [4.69, 9.17) is 0 Å². The Bertz CT molecular complexity index is 140. The Balaban J connectivity index is 3.04. The van der Waals surface area contributed by atoms with Gasteiger partial charge in [-0.15, -0.1) is 6.58 Å². The molecule has 0 bridgehead atoms. The van der Waals surface area contributed by atoms with Crippen LogP contribution in [-0.2, 0) is 0 Å². The standard InChI is InChI=1S/C12H20/c1-3-5-7-9-11-12-10-8-6-4-2/h3-4,6-7,9H,1,5,8,10-12H2,2H3. The molecule has 0 spiro atoms. The van der Waals surface area contributed by atoms with Crippen LogP contribution in [0.25, 0.3) is 0 Å². The first-order chi connectivity index (χ1) is 5.91. The summed E-state index contributed by atoms with van der Waals surface area (Å²) in [6.45, 7) is 5.73. The molecule has 0 rings (SSSR count). The first-order valence-corrected chi connectivity index (χ1v) is 4.79. The molecule has 0 saturated carbocycles. The van der Waals surface area contributed by atoms with Crippen LogP contribution in [0.4, 0.5) is 0 Å². The smallest absolute Gasteiger partial charge is 0.0172 e. The van der Waals surface area contributed by atoms with Gasteiger partial charge in [-0.25, -0.2) is 0 Å². The van der Waals surface area contributed by atoms with E-state index in [0.717, 1.165) is 6.42 Å². The minimum absolute atomic E-state index is 1.01. The van der Waals surface area contributed by atoms with E-state index in [0.29, 0.717) is 0 Å². The van der Waals surface area contributed by atoms with Gasteiger partial charge in [0.1, 0.15) is 0 Å². The van der Waals surface area contributed by atoms with Gasteiger partial charge < -0.3 is 0 Å². The van der Waals surface area contributed by atoms with Gasteiger partial charge in [-0.1, -0.05) is 30.4 Å². The van der Waals surface area contributed by atoms with Gasteiger partial charge in [0, 0.05) is 0 Å². The van der Waals surface area contributed by atoms with Crippen LogP contribution in [0.2, 0.25) is 0 Å². The first-order valence-electron chi connectivity index (χ1n) is 4.79. The summed E-state index contributed by atoms with van der Waals surface area (Å²) >= 11 is 0. The third-order valence-electron chi connectivity index (χ3n) is 1.70. The number of hydrogen-bond acceptors (Lipinski definition) is 0. The molecule has 0 aromatic heterocycles. The van der Waals surface area contributed by atoms with Gasteiger partial charge in [0.15, 0.2) is 0 Å². The number of rotatable bonds is 7. The highest BCUT2D eigenvalue weighted by molar-refractivity contribution is 4.88. The van der Waals surface area contributed by atoms with Gasteiger partial charge in [0.05, 0.1) is 0 Å². The molecule has 0 nitrogen and oxygen atoms in total. The van der Waals surface area contributed by atoms with Gasteiger partial charge in [-0.2, -0.15) is 0 Å². The second-order valence-electron chi connectivity index (χ2n) is 2.85. The zero-order valence-electron chi connectivity index (χ0n) is 8.13. The summed E-state index contributed by atoms with van der Waals surface area (Å²) < 4.78 is 0. The van der Waals surface area contributed by atoms with Crippen molar-refractivity contribution in [1.29, 1.82) is 0 Å². The molecule has 0 atom stereocenters. The fraction of sp³-hybridized carbons (Fsp3) is 0.500. The number of allylic oxidation sites excluding steroid dienone is 5. The molecule has 12 heavy (non-hydrogen) atoms. The first kappa shape index (κ1) is 11.2. The molecule has 68 valence electrons. The summed E-state index contributed by atoms with van der Waals surface area (Å²) in [5.41, 5.74) is 0. The average Bonchev–Trinajstić information content (AvgIpc) is 2.10. The summed E-state index contributed by atoms with van der Waals surface area (Å²) in [7, 11) is 0. The molecule has 0 heterocycles. The normalized spacial score (nSPS) is 11.4. The van der Waals surface area contributed by atoms with Crippen LogP contribution in [0, 0.1) is 0 Å². The summed E-state index contributed by atoms with van der Waals surface area (Å²) in [6.07, 6.45) is 16.8. The Labute approximate surface area is 76.7 Å². The highest BCUT2D eigenvalue weighted by Gasteiger charge is 1.81. The van der Waals surface area contributed by atoms with Crippen molar-refractivity contribution in [2.24, 2.45) is 0 Å². The van der Waals surface area contributed by atoms with Crippen molar-refractivity contribution in [1.82, 2.24) is 0 Å². The van der Waals surface area contributed by atoms with E-state index >= 15 is 0 Å². The van der Waals surface area contributed by atoms with Crippen molar-refractivity contribution in [2.45, 2.75) is 39.0 Å². The van der Waals surface area contributed by atoms with E-state index < -0.39 is 0 Å². The third kappa shape index (κ3) is 9.22. The average molecular weight is 164 g/mol. The number of unbranched alkanes of at least 4 members (excludes halogenated alkanes) is 3. The molecule has 0 heteroatoms. The molecule has 0 aromatic rings. The van der Waals surface area contributed by atoms with E-state index in [1.54, 1.807) is 0 Å². The van der Waals surface area contributed by atoms with Crippen molar-refractivity contribution in [2.75, 3.05) is 0 Å². The Hall–Kier alpha value is -0.780. The van der Waals surface area contributed by atoms with E-state index in [1.165, 1.54) is 25.7 Å². The maximum absolute atomic E-state index is 3.66. The second kappa shape index (κ2) is 10.2. The Morgan fingerprint density at radius 1 is 1.00 bits per heavy atom. The fourth-order valence-electron chi connectivity index (χ4n) is 1.00. The Morgan fingerprint density at radius 2 is 1.67 bits per heavy atom. The van der Waals surface area contributed by atoms with Crippen LogP contribution in [0.5, 0.6) is 0 Å². The van der Waals surface area contributed by atoms with Crippen molar-refractivity contribution < 1.29 is 0 Å². The fourth-order valence-corrected chi connectivity index (χ4v) is 1.00. The molecule has 0 saturated heterocycles. The second-order valence-corrected chi connectivity index (χ2v) is 2.85. The lowest BCUT2D eigenvalue weighted by Gasteiger charge is -1.91. The van der Waals surface area contributed by atoms with Gasteiger partial charge in [-0.05, 0) is 39.0 Å². The lowest BCUT2D eigenvalue weighted by molar-refractivity contribution is 0.761. The summed E-state index contributed by atoms with van der Waals surface area (Å²) in [6, 6.07) is 0. The van der Waals surface area contributed by atoms with Crippen LogP contribution in [0.1, 0.15) is 39.0 Å². The lowest BCUT2D eigenvalue weighted by Crippen LogP contribution is -1.71. The molecule has 0 fully saturated rings. The number of hydrogen-bond donors (Lipinski definition) is 0. The van der Waals surface area contributed by atoms with Gasteiger partial charge in [0.2, 0.25) is 0 Å². The van der Waals surface area contributed by atoms with Crippen LogP contribution >= 0.6 is 0 Å². The predicted octanol–water partition coefficient (Wildman–Crippen LogP) is 4.26. The maximum Gasteiger partial charge on any atom is -0.0172 e. The SMILES string of the molecule is C=CCC=CCCCCC=CC. The third-order valence-corrected chi connectivity index (χ3v) is 1.70. The van der Waals surface area contributed by atoms with Gasteiger partial charge in [-0.3, -0.25) is 0 Å². The highest BCUT2D eigenvalue weighted by Crippen LogP contribution is 2.01. The van der Waals surface area contributed by atoms with E-state index in [2.05, 4.69) is 37.8 Å². The minimum atomic E-state index is 1.01. The summed E-state index contributed by atoms with van der Waals surface area (Å²) in [5, 5.41) is 0. The summed E-state index contributed by atoms with van der Waals surface area (Å²) in [4.78, 5) is 0. The topological polar surface area (TPSA) is 0 Å². The zero-order valence-corrected chi connectivity index (χ0v) is 8.13. The molecule has 0 unspecified atom stereocenters. The van der Waals surface area contributed by atoms with E-state index in [-0.39, 0.29) is 0 Å². The Morgan fingerprint density at radius 3 is 2.25 bits per heavy atom. The molecule has 0 N–H and O–H groups in total. The van der Waals surface area contributed by atoms with Crippen LogP contribution in [-0.4, -0.2) is 0 Å². The molecule has 0 aliphatic carbocycles. The monoisotopic (exact) mass is 164 g/mol. The molecule has 0 radical (unpaired) electrons. The van der Waals surface area contributed by atoms with Crippen molar-refractivity contribution >= 4 is 0 Å². The molecular formula is C12H20. The van der Waals surface area contributed by atoms with Crippen molar-refractivity contribution in [3.05, 3.63) is 37.0 Å². The predicted molar refractivity (Wildman–Crippen MR) is 57.2 cm³/mol. The van der Waals surface area contributed by atoms with E-state index in [1.807, 2.05) is 6.08 Å². The van der Waals surface area contributed by atoms with Crippen molar-refractivity contribution in [3.8, 4) is 0 Å². The molecule has 0 aliphatic rings. The minimum Gasteiger partial charge on any atom is -0.103 e. The van der Waals surface area contributed by atoms with Crippen LogP contribution < -0.4 is 0 Å². The van der Waals surface area contributed by atoms with Crippen molar-refractivity contribution in [3.63, 3.8) is 0 Å². The molecular weight excluding hydrogens is 144 g/mol. The van der Waals surface area contributed by atoms with Crippen LogP contribution in [0.15, 0.2) is 37.0 Å². The quantitative estimate of drug-likeness (QED) is 0.389. The van der Waals surface area contributed by atoms with Gasteiger partial charge >= 0.3 is 0 Å². The molecule has 0 aliphatic heterocycles. The zero-order chi connectivity index (χ0) is 9.07. The highest BCUT2D eigenvalue weighted by atomic mass is 13.9. The molecule has 0 amide bonds. The summed E-state index contributed by atoms with van der Waals surface area (Å²) in [5.74, 6) is 0. The lowest BCUT2D eigenvalue weighted by atomic mass is 10.2. The molecule has 0 aromatic carbocycles.